The van der Waals surface area contributed by atoms with E-state index in [4.69, 9.17) is 11.6 Å². The van der Waals surface area contributed by atoms with Gasteiger partial charge in [-0.2, -0.15) is 0 Å². The molecule has 1 N–H and O–H groups in total. The lowest BCUT2D eigenvalue weighted by atomic mass is 9.86. The van der Waals surface area contributed by atoms with Gasteiger partial charge < -0.3 is 5.32 Å². The Morgan fingerprint density at radius 3 is 2.36 bits per heavy atom. The van der Waals surface area contributed by atoms with Crippen LogP contribution < -0.4 is 5.32 Å². The van der Waals surface area contributed by atoms with Crippen LogP contribution in [-0.4, -0.2) is 34.0 Å². The molecule has 2 aromatic rings. The van der Waals surface area contributed by atoms with Crippen LogP contribution >= 0.6 is 11.6 Å². The highest BCUT2D eigenvalue weighted by Crippen LogP contribution is 2.38. The van der Waals surface area contributed by atoms with Crippen molar-refractivity contribution in [3.8, 4) is 11.4 Å². The molecule has 1 aromatic carbocycles. The molecule has 0 saturated heterocycles. The van der Waals surface area contributed by atoms with E-state index in [0.29, 0.717) is 17.4 Å². The number of Topliss-reactive ketones (excluding diaryl/α,β-unsaturated/α-hetero) is 2. The molecule has 6 nitrogen and oxygen atoms in total. The minimum absolute atomic E-state index is 0.0592. The van der Waals surface area contributed by atoms with Gasteiger partial charge in [0, 0.05) is 43.3 Å². The molecule has 2 unspecified atom stereocenters. The van der Waals surface area contributed by atoms with E-state index in [2.05, 4.69) is 15.3 Å². The van der Waals surface area contributed by atoms with Crippen LogP contribution in [0.4, 0.5) is 0 Å². The summed E-state index contributed by atoms with van der Waals surface area (Å²) in [5, 5.41) is 3.14. The van der Waals surface area contributed by atoms with Gasteiger partial charge in [-0.1, -0.05) is 11.6 Å². The molecule has 7 heteroatoms. The predicted molar refractivity (Wildman–Crippen MR) is 106 cm³/mol. The Labute approximate surface area is 168 Å². The highest BCUT2D eigenvalue weighted by atomic mass is 35.5. The fraction of sp³-hybridized carbons (Fsp3) is 0.381. The van der Waals surface area contributed by atoms with E-state index < -0.39 is 11.8 Å². The minimum Gasteiger partial charge on any atom is -0.356 e. The van der Waals surface area contributed by atoms with Gasteiger partial charge in [0.2, 0.25) is 5.91 Å². The summed E-state index contributed by atoms with van der Waals surface area (Å²) in [7, 11) is 0. The number of ketones is 2. The zero-order chi connectivity index (χ0) is 20.4. The summed E-state index contributed by atoms with van der Waals surface area (Å²) < 4.78 is 0. The van der Waals surface area contributed by atoms with E-state index in [-0.39, 0.29) is 30.3 Å². The number of hydrogen-bond acceptors (Lipinski definition) is 5. The fourth-order valence-electron chi connectivity index (χ4n) is 3.85. The van der Waals surface area contributed by atoms with Gasteiger partial charge >= 0.3 is 0 Å². The number of benzene rings is 1. The molecule has 2 atom stereocenters. The van der Waals surface area contributed by atoms with Crippen molar-refractivity contribution in [1.29, 1.82) is 0 Å². The Hall–Kier alpha value is -2.60. The van der Waals surface area contributed by atoms with E-state index in [1.807, 2.05) is 32.9 Å². The number of carbonyl (C=O) groups excluding carboxylic acids is 3. The summed E-state index contributed by atoms with van der Waals surface area (Å²) in [6, 6.07) is 3.76. The Morgan fingerprint density at radius 2 is 1.79 bits per heavy atom. The van der Waals surface area contributed by atoms with Crippen molar-refractivity contribution >= 4 is 29.1 Å². The number of carbonyl (C=O) groups is 3. The van der Waals surface area contributed by atoms with Crippen LogP contribution in [0.2, 0.25) is 5.02 Å². The highest BCUT2D eigenvalue weighted by Gasteiger charge is 2.43. The quantitative estimate of drug-likeness (QED) is 0.780. The van der Waals surface area contributed by atoms with Crippen molar-refractivity contribution in [2.24, 2.45) is 5.92 Å². The largest absolute Gasteiger partial charge is 0.356 e. The molecule has 28 heavy (non-hydrogen) atoms. The molecule has 1 heterocycles. The Kier molecular flexibility index (Phi) is 5.89. The first-order valence-electron chi connectivity index (χ1n) is 9.24. The van der Waals surface area contributed by atoms with E-state index in [1.54, 1.807) is 0 Å². The van der Waals surface area contributed by atoms with Crippen LogP contribution in [0.15, 0.2) is 24.5 Å². The zero-order valence-electron chi connectivity index (χ0n) is 16.1. The lowest BCUT2D eigenvalue weighted by Crippen LogP contribution is -2.27. The van der Waals surface area contributed by atoms with E-state index in [9.17, 15) is 14.4 Å². The molecule has 1 aromatic heterocycles. The molecule has 0 aliphatic heterocycles. The molecular formula is C21H22ClN3O3. The van der Waals surface area contributed by atoms with Crippen molar-refractivity contribution in [2.45, 2.75) is 39.5 Å². The molecule has 146 valence electrons. The van der Waals surface area contributed by atoms with E-state index in [0.717, 1.165) is 22.3 Å². The zero-order valence-corrected chi connectivity index (χ0v) is 16.8. The molecule has 0 spiro atoms. The summed E-state index contributed by atoms with van der Waals surface area (Å²) in [6.45, 7) is 6.07. The highest BCUT2D eigenvalue weighted by molar-refractivity contribution is 6.30. The van der Waals surface area contributed by atoms with Gasteiger partial charge in [0.25, 0.3) is 0 Å². The molecule has 0 radical (unpaired) electrons. The lowest BCUT2D eigenvalue weighted by molar-refractivity contribution is -0.128. The molecule has 1 amide bonds. The number of nitrogens with zero attached hydrogens (tertiary/aromatic N) is 2. The van der Waals surface area contributed by atoms with Gasteiger partial charge in [-0.15, -0.1) is 0 Å². The summed E-state index contributed by atoms with van der Waals surface area (Å²) in [4.78, 5) is 45.9. The number of amides is 1. The maximum absolute atomic E-state index is 12.9. The second kappa shape index (κ2) is 8.19. The molecular weight excluding hydrogens is 378 g/mol. The van der Waals surface area contributed by atoms with Crippen LogP contribution in [0.25, 0.3) is 11.4 Å². The van der Waals surface area contributed by atoms with Crippen molar-refractivity contribution in [1.82, 2.24) is 15.3 Å². The normalized spacial score (nSPS) is 19.1. The van der Waals surface area contributed by atoms with Gasteiger partial charge in [0.05, 0.1) is 5.02 Å². The average molecular weight is 400 g/mol. The van der Waals surface area contributed by atoms with Crippen LogP contribution in [0.1, 0.15) is 42.4 Å². The van der Waals surface area contributed by atoms with E-state index in [1.165, 1.54) is 12.4 Å². The molecule has 1 aliphatic rings. The van der Waals surface area contributed by atoms with Gasteiger partial charge in [0.1, 0.15) is 11.7 Å². The average Bonchev–Trinajstić information content (AvgIpc) is 2.89. The smallest absolute Gasteiger partial charge is 0.220 e. The van der Waals surface area contributed by atoms with Gasteiger partial charge in [-0.3, -0.25) is 14.4 Å². The topological polar surface area (TPSA) is 89.0 Å². The van der Waals surface area contributed by atoms with E-state index >= 15 is 0 Å². The Bertz CT molecular complexity index is 917. The standard InChI is InChI=1S/C21H22ClN3O3/c1-4-23-17(27)8-13-7-16(26)19(20(13)28)18-11(2)5-14(6-12(18)3)21-24-9-15(22)10-25-21/h5-6,9-10,13,19H,4,7-8H2,1-3H3,(H,23,27). The third-order valence-electron chi connectivity index (χ3n) is 5.02. The van der Waals surface area contributed by atoms with Crippen LogP contribution in [-0.2, 0) is 14.4 Å². The number of aromatic nitrogens is 2. The second-order valence-corrected chi connectivity index (χ2v) is 7.55. The molecule has 1 fully saturated rings. The summed E-state index contributed by atoms with van der Waals surface area (Å²) >= 11 is 5.85. The van der Waals surface area contributed by atoms with Crippen LogP contribution in [0.5, 0.6) is 0 Å². The molecule has 1 aliphatic carbocycles. The van der Waals surface area contributed by atoms with Gasteiger partial charge in [0.15, 0.2) is 11.6 Å². The maximum atomic E-state index is 12.9. The van der Waals surface area contributed by atoms with Crippen molar-refractivity contribution in [3.05, 3.63) is 46.2 Å². The second-order valence-electron chi connectivity index (χ2n) is 7.11. The summed E-state index contributed by atoms with van der Waals surface area (Å²) in [5.74, 6) is -1.32. The monoisotopic (exact) mass is 399 g/mol. The number of halogens is 1. The fourth-order valence-corrected chi connectivity index (χ4v) is 3.94. The molecule has 0 bridgehead atoms. The van der Waals surface area contributed by atoms with Crippen molar-refractivity contribution < 1.29 is 14.4 Å². The predicted octanol–water partition coefficient (Wildman–Crippen LogP) is 3.18. The summed E-state index contributed by atoms with van der Waals surface area (Å²) in [6.07, 6.45) is 3.22. The third kappa shape index (κ3) is 3.97. The van der Waals surface area contributed by atoms with Crippen LogP contribution in [0.3, 0.4) is 0 Å². The molecule has 1 saturated carbocycles. The lowest BCUT2D eigenvalue weighted by Gasteiger charge is -2.17. The third-order valence-corrected chi connectivity index (χ3v) is 5.22. The van der Waals surface area contributed by atoms with Crippen LogP contribution in [0, 0.1) is 19.8 Å². The first-order chi connectivity index (χ1) is 13.3. The minimum atomic E-state index is -0.806. The number of hydrogen-bond donors (Lipinski definition) is 1. The summed E-state index contributed by atoms with van der Waals surface area (Å²) in [5.41, 5.74) is 3.19. The Balaban J connectivity index is 1.91. The maximum Gasteiger partial charge on any atom is 0.220 e. The van der Waals surface area contributed by atoms with Crippen molar-refractivity contribution in [3.63, 3.8) is 0 Å². The van der Waals surface area contributed by atoms with Crippen molar-refractivity contribution in [2.75, 3.05) is 6.54 Å². The number of nitrogens with one attached hydrogen (secondary N) is 1. The Morgan fingerprint density at radius 1 is 1.18 bits per heavy atom. The first-order valence-corrected chi connectivity index (χ1v) is 9.61. The SMILES string of the molecule is CCNC(=O)CC1CC(=O)C(c2c(C)cc(-c3ncc(Cl)cn3)cc2C)C1=O. The number of aryl methyl sites for hydroxylation is 2. The van der Waals surface area contributed by atoms with Gasteiger partial charge in [-0.25, -0.2) is 9.97 Å². The van der Waals surface area contributed by atoms with Gasteiger partial charge in [-0.05, 0) is 49.6 Å². The number of rotatable bonds is 5. The molecule has 3 rings (SSSR count). The first kappa shape index (κ1) is 20.1.